The summed E-state index contributed by atoms with van der Waals surface area (Å²) in [5.41, 5.74) is 7.22. The van der Waals surface area contributed by atoms with Gasteiger partial charge in [-0.05, 0) is 18.2 Å². The average molecular weight is 189 g/mol. The Morgan fingerprint density at radius 2 is 2.43 bits per heavy atom. The predicted octanol–water partition coefficient (Wildman–Crippen LogP) is 0.990. The second-order valence-electron chi connectivity index (χ2n) is 3.29. The van der Waals surface area contributed by atoms with Crippen LogP contribution in [0.15, 0.2) is 18.2 Å². The average Bonchev–Trinajstić information content (AvgIpc) is 2.20. The molecule has 2 rings (SSSR count). The molecule has 1 aliphatic heterocycles. The van der Waals surface area contributed by atoms with Gasteiger partial charge in [0.15, 0.2) is 6.04 Å². The molecule has 2 N–H and O–H groups in total. The zero-order valence-electron chi connectivity index (χ0n) is 7.90. The van der Waals surface area contributed by atoms with Crippen molar-refractivity contribution in [1.82, 2.24) is 0 Å². The molecule has 72 valence electrons. The zero-order chi connectivity index (χ0) is 10.1. The number of benzene rings is 1. The molecule has 0 saturated carbocycles. The molecule has 0 radical (unpaired) electrons. The standard InChI is InChI=1S/C10H11N3O/c1-13-8(5-11)6-14-10-3-2-7(12)4-9(10)13/h2-4,8H,6,12H2,1H3. The van der Waals surface area contributed by atoms with Crippen molar-refractivity contribution < 1.29 is 4.74 Å². The second kappa shape index (κ2) is 3.11. The lowest BCUT2D eigenvalue weighted by molar-refractivity contribution is 0.289. The van der Waals surface area contributed by atoms with Crippen LogP contribution >= 0.6 is 0 Å². The van der Waals surface area contributed by atoms with Crippen LogP contribution in [0.5, 0.6) is 5.75 Å². The molecule has 0 saturated heterocycles. The fourth-order valence-electron chi connectivity index (χ4n) is 1.50. The van der Waals surface area contributed by atoms with Crippen molar-refractivity contribution >= 4 is 11.4 Å². The van der Waals surface area contributed by atoms with Gasteiger partial charge in [0.05, 0.1) is 11.8 Å². The van der Waals surface area contributed by atoms with E-state index in [0.717, 1.165) is 11.4 Å². The summed E-state index contributed by atoms with van der Waals surface area (Å²) in [6, 6.07) is 7.38. The molecule has 1 aromatic carbocycles. The van der Waals surface area contributed by atoms with E-state index in [0.29, 0.717) is 12.3 Å². The summed E-state index contributed by atoms with van der Waals surface area (Å²) in [4.78, 5) is 1.88. The van der Waals surface area contributed by atoms with Crippen LogP contribution in [0.25, 0.3) is 0 Å². The summed E-state index contributed by atoms with van der Waals surface area (Å²) in [5.74, 6) is 0.785. The van der Waals surface area contributed by atoms with Crippen molar-refractivity contribution in [1.29, 1.82) is 5.26 Å². The van der Waals surface area contributed by atoms with E-state index in [9.17, 15) is 0 Å². The Morgan fingerprint density at radius 3 is 3.14 bits per heavy atom. The maximum absolute atomic E-state index is 8.85. The minimum atomic E-state index is -0.232. The van der Waals surface area contributed by atoms with Gasteiger partial charge < -0.3 is 15.4 Å². The van der Waals surface area contributed by atoms with E-state index in [1.165, 1.54) is 0 Å². The minimum absolute atomic E-state index is 0.232. The van der Waals surface area contributed by atoms with E-state index in [4.69, 9.17) is 15.7 Å². The molecule has 0 aliphatic carbocycles. The highest BCUT2D eigenvalue weighted by molar-refractivity contribution is 5.66. The van der Waals surface area contributed by atoms with Crippen LogP contribution in [-0.4, -0.2) is 19.7 Å². The summed E-state index contributed by atoms with van der Waals surface area (Å²) in [6.07, 6.45) is 0. The van der Waals surface area contributed by atoms with Crippen molar-refractivity contribution in [3.05, 3.63) is 18.2 Å². The van der Waals surface area contributed by atoms with Crippen LogP contribution in [0.2, 0.25) is 0 Å². The normalized spacial score (nSPS) is 19.4. The number of nitrogens with two attached hydrogens (primary N) is 1. The highest BCUT2D eigenvalue weighted by atomic mass is 16.5. The lowest BCUT2D eigenvalue weighted by atomic mass is 10.1. The molecular weight excluding hydrogens is 178 g/mol. The highest BCUT2D eigenvalue weighted by Gasteiger charge is 2.24. The largest absolute Gasteiger partial charge is 0.488 e. The fraction of sp³-hybridized carbons (Fsp3) is 0.300. The predicted molar refractivity (Wildman–Crippen MR) is 54.2 cm³/mol. The molecule has 0 fully saturated rings. The second-order valence-corrected chi connectivity index (χ2v) is 3.29. The topological polar surface area (TPSA) is 62.3 Å². The van der Waals surface area contributed by atoms with E-state index < -0.39 is 0 Å². The number of nitrogen functional groups attached to an aromatic ring is 1. The van der Waals surface area contributed by atoms with Crippen LogP contribution in [0.4, 0.5) is 11.4 Å². The number of likely N-dealkylation sites (N-methyl/N-ethyl adjacent to an activating group) is 1. The Balaban J connectivity index is 2.44. The van der Waals surface area contributed by atoms with Crippen molar-refractivity contribution in [2.24, 2.45) is 0 Å². The maximum Gasteiger partial charge on any atom is 0.151 e. The Labute approximate surface area is 82.5 Å². The lowest BCUT2D eigenvalue weighted by Crippen LogP contribution is -2.39. The molecule has 1 atom stereocenters. The number of nitrogens with zero attached hydrogens (tertiary/aromatic N) is 2. The van der Waals surface area contributed by atoms with Crippen molar-refractivity contribution in [2.75, 3.05) is 24.3 Å². The van der Waals surface area contributed by atoms with Crippen LogP contribution in [-0.2, 0) is 0 Å². The fourth-order valence-corrected chi connectivity index (χ4v) is 1.50. The quantitative estimate of drug-likeness (QED) is 0.618. The van der Waals surface area contributed by atoms with E-state index >= 15 is 0 Å². The lowest BCUT2D eigenvalue weighted by Gasteiger charge is -2.31. The summed E-state index contributed by atoms with van der Waals surface area (Å²) in [5, 5.41) is 8.85. The first-order valence-electron chi connectivity index (χ1n) is 4.37. The van der Waals surface area contributed by atoms with Gasteiger partial charge in [-0.3, -0.25) is 0 Å². The van der Waals surface area contributed by atoms with Gasteiger partial charge in [-0.1, -0.05) is 0 Å². The van der Waals surface area contributed by atoms with Gasteiger partial charge in [0.1, 0.15) is 12.4 Å². The minimum Gasteiger partial charge on any atom is -0.488 e. The highest BCUT2D eigenvalue weighted by Crippen LogP contribution is 2.34. The third-order valence-corrected chi connectivity index (χ3v) is 2.38. The zero-order valence-corrected chi connectivity index (χ0v) is 7.90. The molecule has 0 aromatic heterocycles. The van der Waals surface area contributed by atoms with Gasteiger partial charge in [0.25, 0.3) is 0 Å². The van der Waals surface area contributed by atoms with E-state index in [1.807, 2.05) is 24.1 Å². The van der Waals surface area contributed by atoms with E-state index in [1.54, 1.807) is 6.07 Å². The van der Waals surface area contributed by atoms with Gasteiger partial charge in [-0.2, -0.15) is 5.26 Å². The maximum atomic E-state index is 8.85. The molecule has 4 nitrogen and oxygen atoms in total. The van der Waals surface area contributed by atoms with Gasteiger partial charge in [-0.25, -0.2) is 0 Å². The van der Waals surface area contributed by atoms with Crippen molar-refractivity contribution in [3.63, 3.8) is 0 Å². The molecule has 0 spiro atoms. The van der Waals surface area contributed by atoms with Crippen LogP contribution in [0.3, 0.4) is 0 Å². The SMILES string of the molecule is CN1c2cc(N)ccc2OCC1C#N. The number of nitriles is 1. The van der Waals surface area contributed by atoms with Crippen LogP contribution in [0.1, 0.15) is 0 Å². The first-order valence-corrected chi connectivity index (χ1v) is 4.37. The first kappa shape index (κ1) is 8.70. The number of hydrogen-bond acceptors (Lipinski definition) is 4. The van der Waals surface area contributed by atoms with Crippen LogP contribution in [0, 0.1) is 11.3 Å². The van der Waals surface area contributed by atoms with Gasteiger partial charge in [-0.15, -0.1) is 0 Å². The Bertz CT molecular complexity index is 397. The molecule has 1 aromatic rings. The van der Waals surface area contributed by atoms with E-state index in [2.05, 4.69) is 6.07 Å². The molecule has 1 aliphatic rings. The van der Waals surface area contributed by atoms with Crippen molar-refractivity contribution in [3.8, 4) is 11.8 Å². The third-order valence-electron chi connectivity index (χ3n) is 2.38. The summed E-state index contributed by atoms with van der Waals surface area (Å²) < 4.78 is 5.43. The smallest absolute Gasteiger partial charge is 0.151 e. The van der Waals surface area contributed by atoms with Gasteiger partial charge in [0, 0.05) is 12.7 Å². The van der Waals surface area contributed by atoms with Crippen molar-refractivity contribution in [2.45, 2.75) is 6.04 Å². The Morgan fingerprint density at radius 1 is 1.64 bits per heavy atom. The number of rotatable bonds is 0. The summed E-state index contributed by atoms with van der Waals surface area (Å²) >= 11 is 0. The monoisotopic (exact) mass is 189 g/mol. The molecule has 1 heterocycles. The summed E-state index contributed by atoms with van der Waals surface area (Å²) in [6.45, 7) is 0.407. The molecular formula is C10H11N3O. The first-order chi connectivity index (χ1) is 6.72. The van der Waals surface area contributed by atoms with E-state index in [-0.39, 0.29) is 6.04 Å². The number of ether oxygens (including phenoxy) is 1. The molecule has 1 unspecified atom stereocenters. The van der Waals surface area contributed by atoms with Gasteiger partial charge in [0.2, 0.25) is 0 Å². The third kappa shape index (κ3) is 1.23. The Hall–Kier alpha value is -1.89. The number of hydrogen-bond donors (Lipinski definition) is 1. The Kier molecular flexibility index (Phi) is 1.93. The molecule has 4 heteroatoms. The number of anilines is 2. The molecule has 0 bridgehead atoms. The summed E-state index contributed by atoms with van der Waals surface area (Å²) in [7, 11) is 1.87. The number of fused-ring (bicyclic) bond motifs is 1. The molecule has 0 amide bonds. The molecule has 14 heavy (non-hydrogen) atoms. The van der Waals surface area contributed by atoms with Crippen LogP contribution < -0.4 is 15.4 Å². The van der Waals surface area contributed by atoms with Gasteiger partial charge >= 0.3 is 0 Å².